The first-order valence-electron chi connectivity index (χ1n) is 10.5. The molecule has 0 atom stereocenters. The van der Waals surface area contributed by atoms with Crippen molar-refractivity contribution in [2.45, 2.75) is 39.7 Å². The minimum atomic E-state index is -0.00790. The lowest BCUT2D eigenvalue weighted by atomic mass is 9.94. The van der Waals surface area contributed by atoms with Crippen molar-refractivity contribution in [2.75, 3.05) is 39.4 Å². The highest BCUT2D eigenvalue weighted by molar-refractivity contribution is 5.98. The van der Waals surface area contributed by atoms with Crippen LogP contribution in [0.5, 0.6) is 0 Å². The van der Waals surface area contributed by atoms with Gasteiger partial charge in [-0.3, -0.25) is 9.59 Å². The number of piperidine rings is 1. The summed E-state index contributed by atoms with van der Waals surface area (Å²) in [6, 6.07) is 2.11. The first kappa shape index (κ1) is 19.8. The van der Waals surface area contributed by atoms with Crippen LogP contribution < -0.4 is 0 Å². The zero-order chi connectivity index (χ0) is 20.5. The number of pyridine rings is 1. The molecule has 0 bridgehead atoms. The molecule has 4 heterocycles. The fraction of sp³-hybridized carbons (Fsp3) is 0.619. The van der Waals surface area contributed by atoms with Gasteiger partial charge in [0.25, 0.3) is 5.91 Å². The lowest BCUT2D eigenvalue weighted by Gasteiger charge is -2.35. The van der Waals surface area contributed by atoms with Crippen molar-refractivity contribution >= 4 is 22.8 Å². The summed E-state index contributed by atoms with van der Waals surface area (Å²) in [6.07, 6.45) is 3.19. The molecule has 0 unspecified atom stereocenters. The van der Waals surface area contributed by atoms with Gasteiger partial charge in [-0.25, -0.2) is 9.67 Å². The predicted octanol–water partition coefficient (Wildman–Crippen LogP) is 2.03. The molecular formula is C21H29N5O3. The highest BCUT2D eigenvalue weighted by atomic mass is 16.5. The normalized spacial score (nSPS) is 18.6. The molecule has 2 saturated heterocycles. The number of hydrogen-bond acceptors (Lipinski definition) is 5. The number of carbonyl (C=O) groups excluding carboxylic acids is 2. The van der Waals surface area contributed by atoms with Crippen molar-refractivity contribution < 1.29 is 14.3 Å². The number of hydrogen-bond donors (Lipinski definition) is 0. The molecule has 0 spiro atoms. The minimum absolute atomic E-state index is 0.00289. The molecule has 2 aliphatic rings. The summed E-state index contributed by atoms with van der Waals surface area (Å²) in [4.78, 5) is 34.2. The molecule has 2 aromatic rings. The largest absolute Gasteiger partial charge is 0.378 e. The van der Waals surface area contributed by atoms with E-state index in [1.807, 2.05) is 27.5 Å². The van der Waals surface area contributed by atoms with Gasteiger partial charge in [0.05, 0.1) is 30.7 Å². The standard InChI is InChI=1S/C21H29N5O3/c1-14(2)26-19-17(13-22-26)12-18(15(3)23-19)21(28)24-6-4-16(5-7-24)20(27)25-8-10-29-11-9-25/h12-14,16H,4-11H2,1-3H3. The number of nitrogens with zero attached hydrogens (tertiary/aromatic N) is 5. The summed E-state index contributed by atoms with van der Waals surface area (Å²) in [5.74, 6) is 0.204. The predicted molar refractivity (Wildman–Crippen MR) is 109 cm³/mol. The lowest BCUT2D eigenvalue weighted by molar-refractivity contribution is -0.141. The zero-order valence-corrected chi connectivity index (χ0v) is 17.4. The Balaban J connectivity index is 1.44. The van der Waals surface area contributed by atoms with Crippen molar-refractivity contribution in [3.63, 3.8) is 0 Å². The molecule has 0 saturated carbocycles. The molecule has 8 nitrogen and oxygen atoms in total. The van der Waals surface area contributed by atoms with Crippen molar-refractivity contribution in [2.24, 2.45) is 5.92 Å². The van der Waals surface area contributed by atoms with Gasteiger partial charge in [0, 0.05) is 43.5 Å². The number of amides is 2. The van der Waals surface area contributed by atoms with Gasteiger partial charge >= 0.3 is 0 Å². The third-order valence-corrected chi connectivity index (χ3v) is 5.93. The van der Waals surface area contributed by atoms with Crippen LogP contribution in [0.3, 0.4) is 0 Å². The third-order valence-electron chi connectivity index (χ3n) is 5.93. The van der Waals surface area contributed by atoms with Gasteiger partial charge in [-0.15, -0.1) is 0 Å². The van der Waals surface area contributed by atoms with Gasteiger partial charge in [-0.05, 0) is 39.7 Å². The van der Waals surface area contributed by atoms with Crippen LogP contribution in [-0.4, -0.2) is 75.8 Å². The summed E-state index contributed by atoms with van der Waals surface area (Å²) in [6.45, 7) is 9.77. The van der Waals surface area contributed by atoms with Gasteiger partial charge in [0.15, 0.2) is 5.65 Å². The van der Waals surface area contributed by atoms with Crippen LogP contribution in [0.1, 0.15) is 48.8 Å². The third kappa shape index (κ3) is 3.85. The Kier molecular flexibility index (Phi) is 5.54. The van der Waals surface area contributed by atoms with E-state index < -0.39 is 0 Å². The number of aryl methyl sites for hydroxylation is 1. The molecule has 29 heavy (non-hydrogen) atoms. The maximum Gasteiger partial charge on any atom is 0.255 e. The summed E-state index contributed by atoms with van der Waals surface area (Å²) in [5, 5.41) is 5.28. The monoisotopic (exact) mass is 399 g/mol. The molecule has 2 aliphatic heterocycles. The Morgan fingerprint density at radius 3 is 2.45 bits per heavy atom. The maximum atomic E-state index is 13.1. The van der Waals surface area contributed by atoms with Gasteiger partial charge in [-0.1, -0.05) is 0 Å². The highest BCUT2D eigenvalue weighted by Crippen LogP contribution is 2.24. The molecule has 156 valence electrons. The van der Waals surface area contributed by atoms with Gasteiger partial charge < -0.3 is 14.5 Å². The van der Waals surface area contributed by atoms with E-state index >= 15 is 0 Å². The van der Waals surface area contributed by atoms with Crippen LogP contribution in [0, 0.1) is 12.8 Å². The average Bonchev–Trinajstić information content (AvgIpc) is 3.16. The number of likely N-dealkylation sites (tertiary alicyclic amines) is 1. The number of carbonyl (C=O) groups is 2. The van der Waals surface area contributed by atoms with Crippen molar-refractivity contribution in [1.29, 1.82) is 0 Å². The second kappa shape index (κ2) is 8.10. The molecule has 0 N–H and O–H groups in total. The van der Waals surface area contributed by atoms with Gasteiger partial charge in [0.1, 0.15) is 0 Å². The number of fused-ring (bicyclic) bond motifs is 1. The summed E-state index contributed by atoms with van der Waals surface area (Å²) < 4.78 is 7.21. The Hall–Kier alpha value is -2.48. The Labute approximate surface area is 170 Å². The van der Waals surface area contributed by atoms with E-state index in [-0.39, 0.29) is 23.8 Å². The van der Waals surface area contributed by atoms with Crippen LogP contribution in [0.25, 0.3) is 11.0 Å². The fourth-order valence-electron chi connectivity index (χ4n) is 4.20. The quantitative estimate of drug-likeness (QED) is 0.789. The Bertz CT molecular complexity index is 908. The second-order valence-electron chi connectivity index (χ2n) is 8.22. The lowest BCUT2D eigenvalue weighted by Crippen LogP contribution is -2.47. The summed E-state index contributed by atoms with van der Waals surface area (Å²) >= 11 is 0. The molecule has 0 radical (unpaired) electrons. The molecule has 4 rings (SSSR count). The van der Waals surface area contributed by atoms with E-state index in [2.05, 4.69) is 23.9 Å². The maximum absolute atomic E-state index is 13.1. The number of morpholine rings is 1. The number of rotatable bonds is 3. The molecule has 2 fully saturated rings. The topological polar surface area (TPSA) is 80.6 Å². The van der Waals surface area contributed by atoms with E-state index in [0.29, 0.717) is 57.8 Å². The van der Waals surface area contributed by atoms with E-state index in [4.69, 9.17) is 4.74 Å². The molecule has 2 aromatic heterocycles. The van der Waals surface area contributed by atoms with E-state index in [9.17, 15) is 9.59 Å². The van der Waals surface area contributed by atoms with Gasteiger partial charge in [-0.2, -0.15) is 5.10 Å². The van der Waals surface area contributed by atoms with E-state index in [0.717, 1.165) is 16.7 Å². The molecule has 2 amide bonds. The van der Waals surface area contributed by atoms with Crippen molar-refractivity contribution in [1.82, 2.24) is 24.6 Å². The second-order valence-corrected chi connectivity index (χ2v) is 8.22. The molecular weight excluding hydrogens is 370 g/mol. The number of aromatic nitrogens is 3. The molecule has 0 aliphatic carbocycles. The minimum Gasteiger partial charge on any atom is -0.378 e. The van der Waals surface area contributed by atoms with Gasteiger partial charge in [0.2, 0.25) is 5.91 Å². The van der Waals surface area contributed by atoms with Crippen LogP contribution in [0.2, 0.25) is 0 Å². The Morgan fingerprint density at radius 2 is 1.79 bits per heavy atom. The van der Waals surface area contributed by atoms with Crippen LogP contribution in [-0.2, 0) is 9.53 Å². The van der Waals surface area contributed by atoms with Crippen LogP contribution >= 0.6 is 0 Å². The average molecular weight is 399 g/mol. The smallest absolute Gasteiger partial charge is 0.255 e. The van der Waals surface area contributed by atoms with Crippen molar-refractivity contribution in [3.8, 4) is 0 Å². The fourth-order valence-corrected chi connectivity index (χ4v) is 4.20. The van der Waals surface area contributed by atoms with E-state index in [1.165, 1.54) is 0 Å². The van der Waals surface area contributed by atoms with E-state index in [1.54, 1.807) is 6.20 Å². The SMILES string of the molecule is Cc1nc2c(cnn2C(C)C)cc1C(=O)N1CCC(C(=O)N2CCOCC2)CC1. The molecule has 0 aromatic carbocycles. The summed E-state index contributed by atoms with van der Waals surface area (Å²) in [7, 11) is 0. The zero-order valence-electron chi connectivity index (χ0n) is 17.4. The van der Waals surface area contributed by atoms with Crippen LogP contribution in [0.15, 0.2) is 12.3 Å². The van der Waals surface area contributed by atoms with Crippen molar-refractivity contribution in [3.05, 3.63) is 23.5 Å². The molecule has 8 heteroatoms. The van der Waals surface area contributed by atoms with Crippen LogP contribution in [0.4, 0.5) is 0 Å². The Morgan fingerprint density at radius 1 is 1.10 bits per heavy atom. The summed E-state index contributed by atoms with van der Waals surface area (Å²) in [5.41, 5.74) is 2.15. The highest BCUT2D eigenvalue weighted by Gasteiger charge is 2.31. The first-order chi connectivity index (χ1) is 14.0. The number of ether oxygens (including phenoxy) is 1. The first-order valence-corrected chi connectivity index (χ1v) is 10.5.